The van der Waals surface area contributed by atoms with E-state index in [2.05, 4.69) is 0 Å². The number of carboxylic acid groups (broad SMARTS) is 3. The minimum Gasteiger partial charge on any atom is -0.481 e. The standard InChI is InChI=1S/C12H20O6/c1-2-3-5-8(11(15)16)9(12(17)18)6-4-7-10(13)14/h8-9H,2-7H2,1H3,(H,13,14)(H,15,16)(H,17,18). The molecular formula is C12H20O6. The van der Waals surface area contributed by atoms with E-state index in [1.165, 1.54) is 0 Å². The van der Waals surface area contributed by atoms with Gasteiger partial charge < -0.3 is 15.3 Å². The van der Waals surface area contributed by atoms with Crippen molar-refractivity contribution in [1.82, 2.24) is 0 Å². The lowest BCUT2D eigenvalue weighted by Crippen LogP contribution is -2.30. The molecule has 18 heavy (non-hydrogen) atoms. The van der Waals surface area contributed by atoms with Crippen LogP contribution in [0.25, 0.3) is 0 Å². The van der Waals surface area contributed by atoms with Crippen molar-refractivity contribution >= 4 is 17.9 Å². The minimum atomic E-state index is -1.16. The summed E-state index contributed by atoms with van der Waals surface area (Å²) in [4.78, 5) is 32.5. The van der Waals surface area contributed by atoms with E-state index in [4.69, 9.17) is 15.3 Å². The molecule has 104 valence electrons. The minimum absolute atomic E-state index is 0.0856. The first-order valence-electron chi connectivity index (χ1n) is 6.07. The Morgan fingerprint density at radius 2 is 1.33 bits per heavy atom. The molecule has 6 nitrogen and oxygen atoms in total. The van der Waals surface area contributed by atoms with Gasteiger partial charge in [-0.25, -0.2) is 0 Å². The van der Waals surface area contributed by atoms with Crippen LogP contribution in [0.4, 0.5) is 0 Å². The molecule has 3 N–H and O–H groups in total. The van der Waals surface area contributed by atoms with Crippen molar-refractivity contribution < 1.29 is 29.7 Å². The largest absolute Gasteiger partial charge is 0.481 e. The first-order valence-corrected chi connectivity index (χ1v) is 6.07. The molecule has 0 bridgehead atoms. The summed E-state index contributed by atoms with van der Waals surface area (Å²) in [5.41, 5.74) is 0. The van der Waals surface area contributed by atoms with Crippen molar-refractivity contribution in [2.24, 2.45) is 11.8 Å². The predicted octanol–water partition coefficient (Wildman–Crippen LogP) is 1.83. The molecule has 0 aliphatic carbocycles. The normalized spacial score (nSPS) is 13.8. The summed E-state index contributed by atoms with van der Waals surface area (Å²) in [6, 6.07) is 0. The number of carboxylic acids is 3. The second kappa shape index (κ2) is 8.49. The Kier molecular flexibility index (Phi) is 7.74. The third kappa shape index (κ3) is 6.22. The van der Waals surface area contributed by atoms with E-state index in [9.17, 15) is 14.4 Å². The average molecular weight is 260 g/mol. The fourth-order valence-corrected chi connectivity index (χ4v) is 1.89. The van der Waals surface area contributed by atoms with Crippen molar-refractivity contribution in [3.8, 4) is 0 Å². The highest BCUT2D eigenvalue weighted by Gasteiger charge is 2.32. The van der Waals surface area contributed by atoms with Crippen molar-refractivity contribution in [1.29, 1.82) is 0 Å². The highest BCUT2D eigenvalue weighted by Crippen LogP contribution is 2.24. The molecule has 0 radical (unpaired) electrons. The number of rotatable bonds is 10. The Bertz CT molecular complexity index is 299. The lowest BCUT2D eigenvalue weighted by molar-refractivity contribution is -0.154. The second-order valence-corrected chi connectivity index (χ2v) is 4.32. The molecule has 0 aromatic carbocycles. The molecule has 0 fully saturated rings. The second-order valence-electron chi connectivity index (χ2n) is 4.32. The summed E-state index contributed by atoms with van der Waals surface area (Å²) in [5, 5.41) is 26.6. The van der Waals surface area contributed by atoms with E-state index < -0.39 is 29.7 Å². The monoisotopic (exact) mass is 260 g/mol. The summed E-state index contributed by atoms with van der Waals surface area (Å²) in [6.07, 6.45) is 1.90. The van der Waals surface area contributed by atoms with Crippen LogP contribution in [-0.2, 0) is 14.4 Å². The maximum absolute atomic E-state index is 11.1. The fraction of sp³-hybridized carbons (Fsp3) is 0.750. The molecule has 0 amide bonds. The molecule has 0 aromatic heterocycles. The van der Waals surface area contributed by atoms with Gasteiger partial charge in [-0.15, -0.1) is 0 Å². The average Bonchev–Trinajstić information content (AvgIpc) is 2.25. The summed E-state index contributed by atoms with van der Waals surface area (Å²) >= 11 is 0. The zero-order valence-electron chi connectivity index (χ0n) is 10.5. The lowest BCUT2D eigenvalue weighted by atomic mass is 9.84. The zero-order valence-corrected chi connectivity index (χ0v) is 10.5. The Morgan fingerprint density at radius 1 is 0.889 bits per heavy atom. The van der Waals surface area contributed by atoms with E-state index in [1.54, 1.807) is 0 Å². The van der Waals surface area contributed by atoms with Gasteiger partial charge in [-0.1, -0.05) is 19.8 Å². The Labute approximate surface area is 106 Å². The number of hydrogen-bond acceptors (Lipinski definition) is 3. The molecule has 2 unspecified atom stereocenters. The quantitative estimate of drug-likeness (QED) is 0.552. The molecule has 0 spiro atoms. The zero-order chi connectivity index (χ0) is 14.1. The van der Waals surface area contributed by atoms with E-state index >= 15 is 0 Å². The maximum atomic E-state index is 11.1. The van der Waals surface area contributed by atoms with Crippen LogP contribution in [0.15, 0.2) is 0 Å². The first kappa shape index (κ1) is 16.4. The van der Waals surface area contributed by atoms with Crippen molar-refractivity contribution in [3.63, 3.8) is 0 Å². The summed E-state index contributed by atoms with van der Waals surface area (Å²) in [7, 11) is 0. The van der Waals surface area contributed by atoms with Gasteiger partial charge in [0.25, 0.3) is 0 Å². The molecule has 0 aliphatic heterocycles. The van der Waals surface area contributed by atoms with Crippen LogP contribution in [0.2, 0.25) is 0 Å². The third-order valence-electron chi connectivity index (χ3n) is 2.89. The van der Waals surface area contributed by atoms with Crippen LogP contribution in [0.1, 0.15) is 45.4 Å². The molecule has 6 heteroatoms. The molecule has 0 saturated carbocycles. The van der Waals surface area contributed by atoms with E-state index in [1.807, 2.05) is 6.92 Å². The molecular weight excluding hydrogens is 240 g/mol. The van der Waals surface area contributed by atoms with Crippen LogP contribution < -0.4 is 0 Å². The van der Waals surface area contributed by atoms with Crippen LogP contribution in [-0.4, -0.2) is 33.2 Å². The molecule has 0 aliphatic rings. The number of carbonyl (C=O) groups is 3. The molecule has 2 atom stereocenters. The van der Waals surface area contributed by atoms with Gasteiger partial charge >= 0.3 is 17.9 Å². The van der Waals surface area contributed by atoms with Crippen LogP contribution in [0, 0.1) is 11.8 Å². The van der Waals surface area contributed by atoms with E-state index in [-0.39, 0.29) is 19.3 Å². The van der Waals surface area contributed by atoms with E-state index in [0.29, 0.717) is 12.8 Å². The Morgan fingerprint density at radius 3 is 1.67 bits per heavy atom. The van der Waals surface area contributed by atoms with Gasteiger partial charge in [0.1, 0.15) is 0 Å². The summed E-state index contributed by atoms with van der Waals surface area (Å²) < 4.78 is 0. The first-order chi connectivity index (χ1) is 8.40. The molecule has 0 rings (SSSR count). The van der Waals surface area contributed by atoms with Crippen LogP contribution in [0.5, 0.6) is 0 Å². The summed E-state index contributed by atoms with van der Waals surface area (Å²) in [6.45, 7) is 1.90. The van der Waals surface area contributed by atoms with Crippen molar-refractivity contribution in [3.05, 3.63) is 0 Å². The van der Waals surface area contributed by atoms with Gasteiger partial charge in [0, 0.05) is 6.42 Å². The molecule has 0 aromatic rings. The van der Waals surface area contributed by atoms with Gasteiger partial charge in [-0.2, -0.15) is 0 Å². The number of hydrogen-bond donors (Lipinski definition) is 3. The fourth-order valence-electron chi connectivity index (χ4n) is 1.89. The van der Waals surface area contributed by atoms with Gasteiger partial charge in [-0.3, -0.25) is 14.4 Å². The highest BCUT2D eigenvalue weighted by molar-refractivity contribution is 5.80. The maximum Gasteiger partial charge on any atom is 0.307 e. The SMILES string of the molecule is CCCCC(C(=O)O)C(CCCC(=O)O)C(=O)O. The highest BCUT2D eigenvalue weighted by atomic mass is 16.4. The lowest BCUT2D eigenvalue weighted by Gasteiger charge is -2.19. The van der Waals surface area contributed by atoms with Crippen LogP contribution >= 0.6 is 0 Å². The van der Waals surface area contributed by atoms with Gasteiger partial charge in [-0.05, 0) is 19.3 Å². The van der Waals surface area contributed by atoms with Crippen LogP contribution in [0.3, 0.4) is 0 Å². The van der Waals surface area contributed by atoms with Gasteiger partial charge in [0.2, 0.25) is 0 Å². The van der Waals surface area contributed by atoms with Crippen molar-refractivity contribution in [2.75, 3.05) is 0 Å². The Balaban J connectivity index is 4.54. The number of unbranched alkanes of at least 4 members (excludes halogenated alkanes) is 1. The summed E-state index contributed by atoms with van der Waals surface area (Å²) in [5.74, 6) is -5.22. The predicted molar refractivity (Wildman–Crippen MR) is 63.3 cm³/mol. The number of aliphatic carboxylic acids is 3. The smallest absolute Gasteiger partial charge is 0.307 e. The topological polar surface area (TPSA) is 112 Å². The Hall–Kier alpha value is -1.59. The third-order valence-corrected chi connectivity index (χ3v) is 2.89. The molecule has 0 heterocycles. The van der Waals surface area contributed by atoms with Gasteiger partial charge in [0.15, 0.2) is 0 Å². The van der Waals surface area contributed by atoms with Crippen molar-refractivity contribution in [2.45, 2.75) is 45.4 Å². The molecule has 0 saturated heterocycles. The van der Waals surface area contributed by atoms with Gasteiger partial charge in [0.05, 0.1) is 11.8 Å². The van der Waals surface area contributed by atoms with E-state index in [0.717, 1.165) is 6.42 Å².